The fraction of sp³-hybridized carbons (Fsp3) is 0.684. The third kappa shape index (κ3) is 6.80. The van der Waals surface area contributed by atoms with E-state index in [1.165, 1.54) is 5.56 Å². The zero-order chi connectivity index (χ0) is 16.6. The molecule has 0 saturated heterocycles. The predicted molar refractivity (Wildman–Crippen MR) is 93.7 cm³/mol. The average Bonchev–Trinajstić information content (AvgIpc) is 2.45. The molecular formula is C19H33NO2. The van der Waals surface area contributed by atoms with E-state index in [-0.39, 0.29) is 5.41 Å². The van der Waals surface area contributed by atoms with Crippen molar-refractivity contribution >= 4 is 0 Å². The standard InChI is InChI=1S/C19H33NO2/c1-6-12-20(13-7-2)14-17(21)15-22-18-10-8-16(9-11-18)19(3,4)5/h8-11,17,21H,6-7,12-15H2,1-5H3/t17-/m0/s1. The summed E-state index contributed by atoms with van der Waals surface area (Å²) in [6, 6.07) is 8.18. The third-order valence-corrected chi connectivity index (χ3v) is 3.71. The first-order valence-corrected chi connectivity index (χ1v) is 8.50. The van der Waals surface area contributed by atoms with Crippen molar-refractivity contribution in [1.29, 1.82) is 0 Å². The Morgan fingerprint density at radius 3 is 2.05 bits per heavy atom. The summed E-state index contributed by atoms with van der Waals surface area (Å²) in [5, 5.41) is 10.2. The van der Waals surface area contributed by atoms with E-state index in [2.05, 4.69) is 51.7 Å². The Kier molecular flexibility index (Phi) is 7.91. The Bertz CT molecular complexity index is 402. The number of ether oxygens (including phenoxy) is 1. The van der Waals surface area contributed by atoms with Crippen molar-refractivity contribution in [3.8, 4) is 5.75 Å². The first kappa shape index (κ1) is 19.0. The molecule has 0 saturated carbocycles. The normalized spacial score (nSPS) is 13.4. The molecule has 0 aliphatic heterocycles. The van der Waals surface area contributed by atoms with Crippen LogP contribution in [0.2, 0.25) is 0 Å². The SMILES string of the molecule is CCCN(CCC)C[C@H](O)COc1ccc(C(C)(C)C)cc1. The smallest absolute Gasteiger partial charge is 0.119 e. The fourth-order valence-corrected chi connectivity index (χ4v) is 2.52. The molecule has 0 unspecified atom stereocenters. The van der Waals surface area contributed by atoms with Crippen LogP contribution in [-0.2, 0) is 5.41 Å². The summed E-state index contributed by atoms with van der Waals surface area (Å²) in [6.45, 7) is 14.0. The number of hydrogen-bond acceptors (Lipinski definition) is 3. The lowest BCUT2D eigenvalue weighted by molar-refractivity contribution is 0.0681. The number of benzene rings is 1. The second-order valence-electron chi connectivity index (χ2n) is 7.04. The highest BCUT2D eigenvalue weighted by atomic mass is 16.5. The van der Waals surface area contributed by atoms with Gasteiger partial charge in [0.05, 0.1) is 0 Å². The Morgan fingerprint density at radius 1 is 1.05 bits per heavy atom. The van der Waals surface area contributed by atoms with E-state index in [0.29, 0.717) is 13.2 Å². The van der Waals surface area contributed by atoms with E-state index >= 15 is 0 Å². The molecule has 1 aromatic rings. The summed E-state index contributed by atoms with van der Waals surface area (Å²) in [4.78, 5) is 2.30. The molecule has 1 atom stereocenters. The molecule has 3 nitrogen and oxygen atoms in total. The number of aliphatic hydroxyl groups is 1. The number of hydrogen-bond donors (Lipinski definition) is 1. The third-order valence-electron chi connectivity index (χ3n) is 3.71. The van der Waals surface area contributed by atoms with Gasteiger partial charge in [-0.2, -0.15) is 0 Å². The molecule has 22 heavy (non-hydrogen) atoms. The lowest BCUT2D eigenvalue weighted by Crippen LogP contribution is -2.36. The number of rotatable bonds is 9. The Morgan fingerprint density at radius 2 is 1.59 bits per heavy atom. The van der Waals surface area contributed by atoms with Crippen LogP contribution in [0.25, 0.3) is 0 Å². The first-order chi connectivity index (χ1) is 10.4. The molecule has 0 aliphatic rings. The van der Waals surface area contributed by atoms with Gasteiger partial charge in [-0.15, -0.1) is 0 Å². The summed E-state index contributed by atoms with van der Waals surface area (Å²) in [5.74, 6) is 0.824. The molecule has 126 valence electrons. The zero-order valence-corrected chi connectivity index (χ0v) is 14.9. The van der Waals surface area contributed by atoms with Gasteiger partial charge in [0.2, 0.25) is 0 Å². The maximum atomic E-state index is 10.2. The van der Waals surface area contributed by atoms with Gasteiger partial charge < -0.3 is 14.7 Å². The van der Waals surface area contributed by atoms with Crippen molar-refractivity contribution in [2.24, 2.45) is 0 Å². The van der Waals surface area contributed by atoms with Gasteiger partial charge >= 0.3 is 0 Å². The summed E-state index contributed by atoms with van der Waals surface area (Å²) in [7, 11) is 0. The highest BCUT2D eigenvalue weighted by molar-refractivity contribution is 5.31. The van der Waals surface area contributed by atoms with Crippen molar-refractivity contribution in [3.63, 3.8) is 0 Å². The van der Waals surface area contributed by atoms with E-state index in [1.54, 1.807) is 0 Å². The van der Waals surface area contributed by atoms with E-state index < -0.39 is 6.10 Å². The molecule has 0 aliphatic carbocycles. The molecule has 3 heteroatoms. The topological polar surface area (TPSA) is 32.7 Å². The van der Waals surface area contributed by atoms with Crippen molar-refractivity contribution in [2.45, 2.75) is 59.0 Å². The fourth-order valence-electron chi connectivity index (χ4n) is 2.52. The van der Waals surface area contributed by atoms with Crippen LogP contribution in [0, 0.1) is 0 Å². The molecule has 1 rings (SSSR count). The maximum Gasteiger partial charge on any atom is 0.119 e. The Hall–Kier alpha value is -1.06. The highest BCUT2D eigenvalue weighted by Gasteiger charge is 2.14. The van der Waals surface area contributed by atoms with Crippen LogP contribution in [-0.4, -0.2) is 42.4 Å². The van der Waals surface area contributed by atoms with Crippen LogP contribution in [0.5, 0.6) is 5.75 Å². The van der Waals surface area contributed by atoms with Crippen molar-refractivity contribution in [3.05, 3.63) is 29.8 Å². The molecule has 0 amide bonds. The molecule has 1 N–H and O–H groups in total. The first-order valence-electron chi connectivity index (χ1n) is 8.50. The lowest BCUT2D eigenvalue weighted by atomic mass is 9.87. The molecule has 0 radical (unpaired) electrons. The van der Waals surface area contributed by atoms with Crippen molar-refractivity contribution in [2.75, 3.05) is 26.2 Å². The van der Waals surface area contributed by atoms with E-state index in [4.69, 9.17) is 4.74 Å². The summed E-state index contributed by atoms with van der Waals surface area (Å²) >= 11 is 0. The molecule has 0 fully saturated rings. The van der Waals surface area contributed by atoms with Gasteiger partial charge in [0.25, 0.3) is 0 Å². The molecular weight excluding hydrogens is 274 g/mol. The van der Waals surface area contributed by atoms with Gasteiger partial charge in [0.15, 0.2) is 0 Å². The quantitative estimate of drug-likeness (QED) is 0.752. The number of aliphatic hydroxyl groups excluding tert-OH is 1. The zero-order valence-electron chi connectivity index (χ0n) is 14.9. The molecule has 0 aromatic heterocycles. The van der Waals surface area contributed by atoms with E-state index in [1.807, 2.05) is 12.1 Å². The van der Waals surface area contributed by atoms with Crippen LogP contribution < -0.4 is 4.74 Å². The Labute approximate surface area is 136 Å². The van der Waals surface area contributed by atoms with Crippen LogP contribution in [0.15, 0.2) is 24.3 Å². The average molecular weight is 307 g/mol. The minimum Gasteiger partial charge on any atom is -0.491 e. The van der Waals surface area contributed by atoms with Crippen molar-refractivity contribution < 1.29 is 9.84 Å². The summed E-state index contributed by atoms with van der Waals surface area (Å²) in [6.07, 6.45) is 1.78. The van der Waals surface area contributed by atoms with Crippen LogP contribution in [0.3, 0.4) is 0 Å². The largest absolute Gasteiger partial charge is 0.491 e. The second kappa shape index (κ2) is 9.16. The van der Waals surface area contributed by atoms with Gasteiger partial charge in [0.1, 0.15) is 18.5 Å². The van der Waals surface area contributed by atoms with Crippen molar-refractivity contribution in [1.82, 2.24) is 4.90 Å². The lowest BCUT2D eigenvalue weighted by Gasteiger charge is -2.24. The molecule has 0 bridgehead atoms. The van der Waals surface area contributed by atoms with Gasteiger partial charge in [-0.25, -0.2) is 0 Å². The van der Waals surface area contributed by atoms with Gasteiger partial charge in [0, 0.05) is 6.54 Å². The predicted octanol–water partition coefficient (Wildman–Crippen LogP) is 3.85. The Balaban J connectivity index is 2.44. The molecule has 0 heterocycles. The highest BCUT2D eigenvalue weighted by Crippen LogP contribution is 2.24. The van der Waals surface area contributed by atoms with Gasteiger partial charge in [-0.3, -0.25) is 0 Å². The second-order valence-corrected chi connectivity index (χ2v) is 7.04. The van der Waals surface area contributed by atoms with Crippen LogP contribution in [0.4, 0.5) is 0 Å². The summed E-state index contributed by atoms with van der Waals surface area (Å²) in [5.41, 5.74) is 1.44. The van der Waals surface area contributed by atoms with Crippen LogP contribution in [0.1, 0.15) is 53.0 Å². The maximum absolute atomic E-state index is 10.2. The van der Waals surface area contributed by atoms with Gasteiger partial charge in [-0.1, -0.05) is 46.8 Å². The van der Waals surface area contributed by atoms with E-state index in [0.717, 1.165) is 31.7 Å². The van der Waals surface area contributed by atoms with E-state index in [9.17, 15) is 5.11 Å². The van der Waals surface area contributed by atoms with Crippen LogP contribution >= 0.6 is 0 Å². The molecule has 1 aromatic carbocycles. The molecule has 0 spiro atoms. The number of nitrogens with zero attached hydrogens (tertiary/aromatic N) is 1. The minimum absolute atomic E-state index is 0.152. The van der Waals surface area contributed by atoms with Gasteiger partial charge in [-0.05, 0) is 49.0 Å². The summed E-state index contributed by atoms with van der Waals surface area (Å²) < 4.78 is 5.72. The monoisotopic (exact) mass is 307 g/mol. The minimum atomic E-state index is -0.444.